The second-order valence-corrected chi connectivity index (χ2v) is 4.55. The molecule has 1 fully saturated rings. The van der Waals surface area contributed by atoms with Crippen LogP contribution in [-0.4, -0.2) is 52.0 Å². The molecule has 6 nitrogen and oxygen atoms in total. The Morgan fingerprint density at radius 1 is 1.65 bits per heavy atom. The summed E-state index contributed by atoms with van der Waals surface area (Å²) in [6.07, 6.45) is 0.0951. The number of β-amino-alcohol motifs (C(OH)–C–C–N with tert-alkyl or cyclic N) is 1. The maximum absolute atomic E-state index is 10.6. The first-order valence-electron chi connectivity index (χ1n) is 5.59. The van der Waals surface area contributed by atoms with Crippen LogP contribution in [0.4, 0.5) is 0 Å². The molecule has 2 atom stereocenters. The monoisotopic (exact) mass is 240 g/mol. The Kier molecular flexibility index (Phi) is 3.44. The Morgan fingerprint density at radius 3 is 3.00 bits per heavy atom. The van der Waals surface area contributed by atoms with E-state index >= 15 is 0 Å². The van der Waals surface area contributed by atoms with Gasteiger partial charge >= 0.3 is 5.97 Å². The fourth-order valence-electron chi connectivity index (χ4n) is 2.23. The molecule has 2 N–H and O–H groups in total. The number of carboxylic acids is 1. The van der Waals surface area contributed by atoms with Gasteiger partial charge in [0, 0.05) is 31.5 Å². The molecule has 0 radical (unpaired) electrons. The van der Waals surface area contributed by atoms with Gasteiger partial charge in [0.05, 0.1) is 18.3 Å². The zero-order valence-corrected chi connectivity index (χ0v) is 9.67. The van der Waals surface area contributed by atoms with Gasteiger partial charge in [-0.1, -0.05) is 5.16 Å². The molecule has 0 aromatic carbocycles. The Balaban J connectivity index is 1.92. The maximum atomic E-state index is 10.6. The summed E-state index contributed by atoms with van der Waals surface area (Å²) in [6.45, 7) is 2.80. The molecule has 0 aliphatic carbocycles. The smallest absolute Gasteiger partial charge is 0.317 e. The minimum atomic E-state index is -0.867. The third kappa shape index (κ3) is 3.04. The molecule has 17 heavy (non-hydrogen) atoms. The number of hydrogen-bond donors (Lipinski definition) is 2. The molecule has 2 rings (SSSR count). The van der Waals surface area contributed by atoms with Gasteiger partial charge in [0.25, 0.3) is 0 Å². The molecule has 1 saturated heterocycles. The van der Waals surface area contributed by atoms with Crippen LogP contribution < -0.4 is 0 Å². The van der Waals surface area contributed by atoms with Gasteiger partial charge in [0.15, 0.2) is 0 Å². The number of aliphatic hydroxyl groups excluding tert-OH is 1. The molecule has 1 aliphatic rings. The molecule has 1 aromatic rings. The Labute approximate surface area is 98.8 Å². The highest BCUT2D eigenvalue weighted by molar-refractivity contribution is 5.69. The Morgan fingerprint density at radius 2 is 2.41 bits per heavy atom. The van der Waals surface area contributed by atoms with Crippen molar-refractivity contribution in [1.29, 1.82) is 0 Å². The van der Waals surface area contributed by atoms with Gasteiger partial charge in [0.1, 0.15) is 5.76 Å². The molecule has 0 unspecified atom stereocenters. The molecule has 1 aliphatic heterocycles. The second-order valence-electron chi connectivity index (χ2n) is 4.55. The summed E-state index contributed by atoms with van der Waals surface area (Å²) < 4.78 is 5.09. The lowest BCUT2D eigenvalue weighted by Gasteiger charge is -2.11. The van der Waals surface area contributed by atoms with E-state index in [4.69, 9.17) is 9.63 Å². The highest BCUT2D eigenvalue weighted by Gasteiger charge is 2.32. The van der Waals surface area contributed by atoms with E-state index in [1.165, 1.54) is 0 Å². The standard InChI is InChI=1S/C11H16N2O4/c1-7-2-9(17-12-7)3-8-4-13(5-10(8)14)6-11(15)16/h2,8,10,14H,3-6H2,1H3,(H,15,16)/t8-,10+/m1/s1. The van der Waals surface area contributed by atoms with Crippen LogP contribution in [0.5, 0.6) is 0 Å². The minimum Gasteiger partial charge on any atom is -0.480 e. The Hall–Kier alpha value is -1.40. The molecule has 0 spiro atoms. The van der Waals surface area contributed by atoms with E-state index in [9.17, 15) is 9.90 Å². The van der Waals surface area contributed by atoms with E-state index < -0.39 is 12.1 Å². The van der Waals surface area contributed by atoms with Crippen LogP contribution in [0.15, 0.2) is 10.6 Å². The van der Waals surface area contributed by atoms with Crippen molar-refractivity contribution in [3.8, 4) is 0 Å². The van der Waals surface area contributed by atoms with Crippen molar-refractivity contribution in [3.63, 3.8) is 0 Å². The summed E-state index contributed by atoms with van der Waals surface area (Å²) in [5, 5.41) is 22.3. The van der Waals surface area contributed by atoms with Crippen LogP contribution in [0.3, 0.4) is 0 Å². The highest BCUT2D eigenvalue weighted by Crippen LogP contribution is 2.21. The third-order valence-corrected chi connectivity index (χ3v) is 2.98. The summed E-state index contributed by atoms with van der Waals surface area (Å²) in [5.74, 6) is -0.112. The van der Waals surface area contributed by atoms with Crippen LogP contribution in [0.2, 0.25) is 0 Å². The van der Waals surface area contributed by atoms with Gasteiger partial charge in [0.2, 0.25) is 0 Å². The summed E-state index contributed by atoms with van der Waals surface area (Å²) in [5.41, 5.74) is 0.815. The summed E-state index contributed by atoms with van der Waals surface area (Å²) in [4.78, 5) is 12.3. The lowest BCUT2D eigenvalue weighted by atomic mass is 10.0. The van der Waals surface area contributed by atoms with Gasteiger partial charge in [-0.15, -0.1) is 0 Å². The van der Waals surface area contributed by atoms with Gasteiger partial charge in [-0.2, -0.15) is 0 Å². The fraction of sp³-hybridized carbons (Fsp3) is 0.636. The van der Waals surface area contributed by atoms with Crippen molar-refractivity contribution in [3.05, 3.63) is 17.5 Å². The highest BCUT2D eigenvalue weighted by atomic mass is 16.5. The zero-order valence-electron chi connectivity index (χ0n) is 9.67. The number of aromatic nitrogens is 1. The molecule has 94 valence electrons. The van der Waals surface area contributed by atoms with E-state index in [0.717, 1.165) is 11.5 Å². The van der Waals surface area contributed by atoms with Crippen LogP contribution >= 0.6 is 0 Å². The molecule has 0 bridgehead atoms. The largest absolute Gasteiger partial charge is 0.480 e. The molecule has 6 heteroatoms. The first-order valence-corrected chi connectivity index (χ1v) is 5.59. The zero-order chi connectivity index (χ0) is 12.4. The lowest BCUT2D eigenvalue weighted by molar-refractivity contribution is -0.138. The average Bonchev–Trinajstić information content (AvgIpc) is 2.74. The van der Waals surface area contributed by atoms with Crippen molar-refractivity contribution in [2.75, 3.05) is 19.6 Å². The van der Waals surface area contributed by atoms with Crippen LogP contribution in [0.1, 0.15) is 11.5 Å². The Bertz CT molecular complexity index is 404. The van der Waals surface area contributed by atoms with Crippen molar-refractivity contribution in [2.24, 2.45) is 5.92 Å². The van der Waals surface area contributed by atoms with E-state index in [-0.39, 0.29) is 12.5 Å². The summed E-state index contributed by atoms with van der Waals surface area (Å²) in [7, 11) is 0. The predicted octanol–water partition coefficient (Wildman–Crippen LogP) is -0.0972. The first-order chi connectivity index (χ1) is 8.04. The SMILES string of the molecule is Cc1cc(C[C@@H]2CN(CC(=O)O)C[C@@H]2O)on1. The summed E-state index contributed by atoms with van der Waals surface area (Å²) >= 11 is 0. The van der Waals surface area contributed by atoms with E-state index in [1.54, 1.807) is 4.90 Å². The van der Waals surface area contributed by atoms with Gasteiger partial charge < -0.3 is 14.7 Å². The quantitative estimate of drug-likeness (QED) is 0.764. The van der Waals surface area contributed by atoms with Crippen LogP contribution in [-0.2, 0) is 11.2 Å². The van der Waals surface area contributed by atoms with Gasteiger partial charge in [-0.25, -0.2) is 0 Å². The molecule has 0 saturated carbocycles. The molecule has 1 aromatic heterocycles. The predicted molar refractivity (Wildman–Crippen MR) is 58.5 cm³/mol. The number of likely N-dealkylation sites (tertiary alicyclic amines) is 1. The number of aryl methyl sites for hydroxylation is 1. The normalized spacial score (nSPS) is 25.3. The van der Waals surface area contributed by atoms with Crippen LogP contribution in [0.25, 0.3) is 0 Å². The van der Waals surface area contributed by atoms with Crippen molar-refractivity contribution >= 4 is 5.97 Å². The van der Waals surface area contributed by atoms with Crippen molar-refractivity contribution < 1.29 is 19.5 Å². The third-order valence-electron chi connectivity index (χ3n) is 2.98. The molecule has 0 amide bonds. The van der Waals surface area contributed by atoms with E-state index in [0.29, 0.717) is 19.5 Å². The first kappa shape index (κ1) is 12.1. The topological polar surface area (TPSA) is 86.8 Å². The minimum absolute atomic E-state index is 0.0155. The molecular formula is C11H16N2O4. The van der Waals surface area contributed by atoms with Crippen molar-refractivity contribution in [2.45, 2.75) is 19.4 Å². The van der Waals surface area contributed by atoms with Gasteiger partial charge in [-0.3, -0.25) is 9.69 Å². The van der Waals surface area contributed by atoms with Crippen molar-refractivity contribution in [1.82, 2.24) is 10.1 Å². The number of rotatable bonds is 4. The number of hydrogen-bond acceptors (Lipinski definition) is 5. The van der Waals surface area contributed by atoms with E-state index in [2.05, 4.69) is 5.16 Å². The van der Waals surface area contributed by atoms with Gasteiger partial charge in [-0.05, 0) is 6.92 Å². The number of carbonyl (C=O) groups is 1. The average molecular weight is 240 g/mol. The maximum Gasteiger partial charge on any atom is 0.317 e. The number of aliphatic hydroxyl groups is 1. The number of aliphatic carboxylic acids is 1. The number of nitrogens with zero attached hydrogens (tertiary/aromatic N) is 2. The fourth-order valence-corrected chi connectivity index (χ4v) is 2.23. The molecule has 2 heterocycles. The lowest BCUT2D eigenvalue weighted by Crippen LogP contribution is -2.28. The second kappa shape index (κ2) is 4.85. The van der Waals surface area contributed by atoms with E-state index in [1.807, 2.05) is 13.0 Å². The molecular weight excluding hydrogens is 224 g/mol. The number of carboxylic acid groups (broad SMARTS) is 1. The van der Waals surface area contributed by atoms with Crippen LogP contribution in [0, 0.1) is 12.8 Å². The summed E-state index contributed by atoms with van der Waals surface area (Å²) in [6, 6.07) is 1.84.